The van der Waals surface area contributed by atoms with Crippen molar-refractivity contribution in [2.24, 2.45) is 11.8 Å². The topological polar surface area (TPSA) is 67.3 Å². The monoisotopic (exact) mass is 398 g/mol. The van der Waals surface area contributed by atoms with Crippen molar-refractivity contribution in [1.82, 2.24) is 14.9 Å². The van der Waals surface area contributed by atoms with Gasteiger partial charge in [0.2, 0.25) is 0 Å². The van der Waals surface area contributed by atoms with Crippen LogP contribution in [-0.2, 0) is 4.74 Å². The second-order valence-corrected chi connectivity index (χ2v) is 8.30. The molecular weight excluding hydrogens is 372 g/mol. The summed E-state index contributed by atoms with van der Waals surface area (Å²) in [7, 11) is 1.77. The Labute approximate surface area is 170 Å². The van der Waals surface area contributed by atoms with Crippen LogP contribution in [0.3, 0.4) is 0 Å². The molecule has 2 fully saturated rings. The summed E-state index contributed by atoms with van der Waals surface area (Å²) in [5.41, 5.74) is 0.708. The first-order valence-electron chi connectivity index (χ1n) is 9.68. The molecule has 0 radical (unpaired) electrons. The van der Waals surface area contributed by atoms with Gasteiger partial charge in [-0.3, -0.25) is 4.79 Å². The number of carbonyl (C=O) groups is 1. The molecule has 2 aromatic heterocycles. The van der Waals surface area contributed by atoms with Crippen molar-refractivity contribution in [3.63, 3.8) is 0 Å². The van der Waals surface area contributed by atoms with Crippen LogP contribution in [0.2, 0.25) is 0 Å². The van der Waals surface area contributed by atoms with Crippen LogP contribution in [0.5, 0.6) is 0 Å². The number of amides is 1. The zero-order valence-corrected chi connectivity index (χ0v) is 17.1. The van der Waals surface area contributed by atoms with Gasteiger partial charge in [-0.05, 0) is 55.2 Å². The fraction of sp³-hybridized carbons (Fsp3) is 0.476. The molecule has 1 N–H and O–H groups in total. The van der Waals surface area contributed by atoms with Gasteiger partial charge in [0.15, 0.2) is 0 Å². The molecule has 7 heteroatoms. The predicted molar refractivity (Wildman–Crippen MR) is 111 cm³/mol. The minimum absolute atomic E-state index is 0.0926. The fourth-order valence-electron chi connectivity index (χ4n) is 4.52. The maximum absolute atomic E-state index is 13.1. The van der Waals surface area contributed by atoms with Gasteiger partial charge in [0.05, 0.1) is 17.7 Å². The van der Waals surface area contributed by atoms with Gasteiger partial charge in [-0.25, -0.2) is 9.97 Å². The van der Waals surface area contributed by atoms with Gasteiger partial charge in [-0.2, -0.15) is 0 Å². The van der Waals surface area contributed by atoms with E-state index in [4.69, 9.17) is 4.74 Å². The third-order valence-corrected chi connectivity index (χ3v) is 6.61. The van der Waals surface area contributed by atoms with Gasteiger partial charge < -0.3 is 15.0 Å². The summed E-state index contributed by atoms with van der Waals surface area (Å²) < 4.78 is 5.79. The number of pyridine rings is 2. The molecule has 3 heterocycles. The first-order valence-corrected chi connectivity index (χ1v) is 10.9. The number of methoxy groups -OCH3 is 1. The number of rotatable bonds is 5. The molecule has 1 aliphatic carbocycles. The molecule has 1 saturated carbocycles. The summed E-state index contributed by atoms with van der Waals surface area (Å²) >= 11 is 1.52. The lowest BCUT2D eigenvalue weighted by atomic mass is 9.77. The molecular formula is C21H26N4O2S. The molecule has 0 unspecified atom stereocenters. The number of likely N-dealkylation sites (tertiary alicyclic amines) is 1. The largest absolute Gasteiger partial charge is 0.379 e. The van der Waals surface area contributed by atoms with E-state index in [9.17, 15) is 4.79 Å². The minimum atomic E-state index is 0.0926. The number of nitrogens with one attached hydrogen (secondary N) is 1. The van der Waals surface area contributed by atoms with Crippen molar-refractivity contribution in [3.8, 4) is 0 Å². The molecule has 4 rings (SSSR count). The summed E-state index contributed by atoms with van der Waals surface area (Å²) in [5, 5.41) is 4.33. The average Bonchev–Trinajstić information content (AvgIpc) is 3.16. The Morgan fingerprint density at radius 3 is 2.64 bits per heavy atom. The van der Waals surface area contributed by atoms with Crippen LogP contribution in [0, 0.1) is 11.8 Å². The van der Waals surface area contributed by atoms with Crippen molar-refractivity contribution in [1.29, 1.82) is 0 Å². The highest BCUT2D eigenvalue weighted by Gasteiger charge is 2.44. The van der Waals surface area contributed by atoms with Crippen LogP contribution < -0.4 is 5.32 Å². The summed E-state index contributed by atoms with van der Waals surface area (Å²) in [6.07, 6.45) is 7.55. The van der Waals surface area contributed by atoms with Crippen LogP contribution in [0.15, 0.2) is 47.8 Å². The Hall–Kier alpha value is -2.12. The van der Waals surface area contributed by atoms with Gasteiger partial charge in [-0.15, -0.1) is 11.8 Å². The quantitative estimate of drug-likeness (QED) is 0.781. The van der Waals surface area contributed by atoms with Crippen LogP contribution in [0.4, 0.5) is 5.82 Å². The highest BCUT2D eigenvalue weighted by molar-refractivity contribution is 7.98. The molecule has 28 heavy (non-hydrogen) atoms. The molecule has 2 aliphatic rings. The van der Waals surface area contributed by atoms with Gasteiger partial charge >= 0.3 is 0 Å². The third kappa shape index (κ3) is 3.86. The van der Waals surface area contributed by atoms with Crippen molar-refractivity contribution in [2.75, 3.05) is 31.8 Å². The van der Waals surface area contributed by atoms with Gasteiger partial charge in [0.1, 0.15) is 10.8 Å². The lowest BCUT2D eigenvalue weighted by molar-refractivity contribution is 0.0304. The Kier molecular flexibility index (Phi) is 5.82. The first-order chi connectivity index (χ1) is 13.7. The number of ether oxygens (including phenoxy) is 1. The molecule has 0 aromatic carbocycles. The fourth-order valence-corrected chi connectivity index (χ4v) is 5.06. The lowest BCUT2D eigenvalue weighted by Gasteiger charge is -2.37. The van der Waals surface area contributed by atoms with E-state index in [1.165, 1.54) is 11.8 Å². The minimum Gasteiger partial charge on any atom is -0.379 e. The van der Waals surface area contributed by atoms with E-state index in [0.29, 0.717) is 17.4 Å². The summed E-state index contributed by atoms with van der Waals surface area (Å²) in [6, 6.07) is 9.80. The summed E-state index contributed by atoms with van der Waals surface area (Å²) in [5.74, 6) is 1.92. The van der Waals surface area contributed by atoms with E-state index in [2.05, 4.69) is 15.3 Å². The molecule has 148 valence electrons. The number of carbonyl (C=O) groups excluding carboxylic acids is 1. The Morgan fingerprint density at radius 2 is 1.93 bits per heavy atom. The molecule has 1 aliphatic heterocycles. The van der Waals surface area contributed by atoms with E-state index in [-0.39, 0.29) is 18.1 Å². The molecule has 1 saturated heterocycles. The molecule has 6 nitrogen and oxygen atoms in total. The van der Waals surface area contributed by atoms with Crippen molar-refractivity contribution < 1.29 is 9.53 Å². The number of anilines is 1. The number of hydrogen-bond acceptors (Lipinski definition) is 6. The molecule has 1 amide bonds. The van der Waals surface area contributed by atoms with Crippen LogP contribution in [-0.4, -0.2) is 59.4 Å². The Bertz CT molecular complexity index is 819. The number of nitrogens with zero attached hydrogens (tertiary/aromatic N) is 3. The maximum Gasteiger partial charge on any atom is 0.256 e. The number of aromatic nitrogens is 2. The summed E-state index contributed by atoms with van der Waals surface area (Å²) in [4.78, 5) is 23.8. The van der Waals surface area contributed by atoms with Gasteiger partial charge in [-0.1, -0.05) is 6.07 Å². The van der Waals surface area contributed by atoms with Crippen LogP contribution >= 0.6 is 11.8 Å². The van der Waals surface area contributed by atoms with Gasteiger partial charge in [0, 0.05) is 32.6 Å². The smallest absolute Gasteiger partial charge is 0.256 e. The summed E-state index contributed by atoms with van der Waals surface area (Å²) in [6.45, 7) is 1.59. The number of fused-ring (bicyclic) bond motifs is 1. The van der Waals surface area contributed by atoms with Crippen molar-refractivity contribution in [3.05, 3.63) is 48.3 Å². The predicted octanol–water partition coefficient (Wildman–Crippen LogP) is 3.18. The highest BCUT2D eigenvalue weighted by Crippen LogP contribution is 2.39. The highest BCUT2D eigenvalue weighted by atomic mass is 32.2. The Balaban J connectivity index is 1.47. The second-order valence-electron chi connectivity index (χ2n) is 7.50. The Morgan fingerprint density at radius 1 is 1.14 bits per heavy atom. The van der Waals surface area contributed by atoms with E-state index in [0.717, 1.165) is 36.8 Å². The van der Waals surface area contributed by atoms with Gasteiger partial charge in [0.25, 0.3) is 5.91 Å². The third-order valence-electron chi connectivity index (χ3n) is 5.90. The normalized spacial score (nSPS) is 26.7. The number of hydrogen-bond donors (Lipinski definition) is 1. The van der Waals surface area contributed by atoms with E-state index < -0.39 is 0 Å². The standard InChI is InChI=1S/C21H26N4O2S/c1-27-18-11-15-13-25(21(26)16-6-5-9-23-20(16)28-2)12-14(15)10-17(18)24-19-7-3-4-8-22-19/h3-9,14-15,17-18H,10-13H2,1-2H3,(H,22,24)/t14-,15+,17-,18-/m1/s1. The van der Waals surface area contributed by atoms with Crippen LogP contribution in [0.1, 0.15) is 23.2 Å². The van der Waals surface area contributed by atoms with Crippen molar-refractivity contribution >= 4 is 23.5 Å². The SMILES string of the molecule is CO[C@@H]1C[C@H]2CN(C(=O)c3cccnc3SC)C[C@H]2C[C@H]1Nc1ccccn1. The second kappa shape index (κ2) is 8.49. The zero-order chi connectivity index (χ0) is 19.5. The van der Waals surface area contributed by atoms with E-state index in [1.807, 2.05) is 41.5 Å². The zero-order valence-electron chi connectivity index (χ0n) is 16.2. The van der Waals surface area contributed by atoms with Crippen molar-refractivity contribution in [2.45, 2.75) is 30.0 Å². The lowest BCUT2D eigenvalue weighted by Crippen LogP contribution is -2.44. The molecule has 4 atom stereocenters. The first kappa shape index (κ1) is 19.2. The molecule has 2 aromatic rings. The maximum atomic E-state index is 13.1. The van der Waals surface area contributed by atoms with E-state index in [1.54, 1.807) is 19.5 Å². The molecule has 0 bridgehead atoms. The average molecular weight is 399 g/mol. The number of thioether (sulfide) groups is 1. The molecule has 0 spiro atoms. The van der Waals surface area contributed by atoms with Crippen LogP contribution in [0.25, 0.3) is 0 Å². The van der Waals surface area contributed by atoms with E-state index >= 15 is 0 Å².